The minimum atomic E-state index is -0.488. The molecular weight excluding hydrogens is 406 g/mol. The van der Waals surface area contributed by atoms with Gasteiger partial charge in [-0.15, -0.1) is 0 Å². The fourth-order valence-corrected chi connectivity index (χ4v) is 3.90. The molecule has 0 aliphatic carbocycles. The number of carbonyl (C=O) groups is 3. The smallest absolute Gasteiger partial charge is 0.339 e. The fourth-order valence-electron chi connectivity index (χ4n) is 3.90. The second-order valence-corrected chi connectivity index (χ2v) is 7.53. The number of hydrogen-bond donors (Lipinski definition) is 1. The highest BCUT2D eigenvalue weighted by molar-refractivity contribution is 5.99. The Morgan fingerprint density at radius 1 is 1.03 bits per heavy atom. The second kappa shape index (κ2) is 9.43. The lowest BCUT2D eigenvalue weighted by Crippen LogP contribution is -2.28. The number of fused-ring (bicyclic) bond motifs is 1. The monoisotopic (exact) mass is 429 g/mol. The number of pyridine rings is 1. The third-order valence-corrected chi connectivity index (χ3v) is 5.48. The quantitative estimate of drug-likeness (QED) is 0.574. The van der Waals surface area contributed by atoms with Gasteiger partial charge >= 0.3 is 5.97 Å². The highest BCUT2D eigenvalue weighted by Crippen LogP contribution is 2.37. The molecule has 0 fully saturated rings. The normalized spacial score (nSPS) is 14.7. The van der Waals surface area contributed by atoms with Crippen LogP contribution in [0, 0.1) is 0 Å². The van der Waals surface area contributed by atoms with E-state index in [9.17, 15) is 14.4 Å². The Morgan fingerprint density at radius 2 is 1.78 bits per heavy atom. The first-order valence-electron chi connectivity index (χ1n) is 10.3. The van der Waals surface area contributed by atoms with Crippen LogP contribution in [0.25, 0.3) is 0 Å². The highest BCUT2D eigenvalue weighted by atomic mass is 16.5. The lowest BCUT2D eigenvalue weighted by atomic mass is 10.0. The van der Waals surface area contributed by atoms with E-state index in [4.69, 9.17) is 0 Å². The molecule has 1 aliphatic heterocycles. The van der Waals surface area contributed by atoms with E-state index in [1.165, 1.54) is 13.3 Å². The average molecular weight is 429 g/mol. The number of carbonyl (C=O) groups excluding carboxylic acids is 3. The van der Waals surface area contributed by atoms with Crippen molar-refractivity contribution in [3.8, 4) is 0 Å². The van der Waals surface area contributed by atoms with Crippen LogP contribution in [0.4, 0.5) is 5.82 Å². The third kappa shape index (κ3) is 4.51. The summed E-state index contributed by atoms with van der Waals surface area (Å²) in [5.41, 5.74) is 2.98. The zero-order valence-corrected chi connectivity index (χ0v) is 17.7. The van der Waals surface area contributed by atoms with E-state index < -0.39 is 5.97 Å². The van der Waals surface area contributed by atoms with Crippen molar-refractivity contribution in [1.82, 2.24) is 9.88 Å². The maximum Gasteiger partial charge on any atom is 0.339 e. The summed E-state index contributed by atoms with van der Waals surface area (Å²) in [5, 5.41) is 2.74. The van der Waals surface area contributed by atoms with Crippen molar-refractivity contribution < 1.29 is 19.1 Å². The average Bonchev–Trinajstić information content (AvgIpc) is 3.09. The van der Waals surface area contributed by atoms with Gasteiger partial charge in [0.25, 0.3) is 5.91 Å². The first kappa shape index (κ1) is 21.2. The Bertz CT molecular complexity index is 1130. The summed E-state index contributed by atoms with van der Waals surface area (Å²) in [6.45, 7) is 0.483. The van der Waals surface area contributed by atoms with Crippen molar-refractivity contribution in [2.24, 2.45) is 0 Å². The molecule has 7 heteroatoms. The van der Waals surface area contributed by atoms with Crippen molar-refractivity contribution in [3.63, 3.8) is 0 Å². The summed E-state index contributed by atoms with van der Waals surface area (Å²) >= 11 is 0. The molecule has 0 spiro atoms. The topological polar surface area (TPSA) is 88.6 Å². The van der Waals surface area contributed by atoms with Gasteiger partial charge in [0.2, 0.25) is 5.91 Å². The predicted molar refractivity (Wildman–Crippen MR) is 119 cm³/mol. The van der Waals surface area contributed by atoms with Gasteiger partial charge in [-0.3, -0.25) is 9.59 Å². The molecule has 1 N–H and O–H groups in total. The summed E-state index contributed by atoms with van der Waals surface area (Å²) in [6, 6.07) is 20.3. The fraction of sp³-hybridized carbons (Fsp3) is 0.200. The summed E-state index contributed by atoms with van der Waals surface area (Å²) in [5.74, 6) is -0.361. The van der Waals surface area contributed by atoms with Gasteiger partial charge in [-0.2, -0.15) is 0 Å². The molecule has 0 saturated carbocycles. The van der Waals surface area contributed by atoms with E-state index in [0.717, 1.165) is 11.1 Å². The minimum absolute atomic E-state index is 0.0186. The molecule has 32 heavy (non-hydrogen) atoms. The van der Waals surface area contributed by atoms with E-state index in [2.05, 4.69) is 15.0 Å². The predicted octanol–water partition coefficient (Wildman–Crippen LogP) is 3.98. The van der Waals surface area contributed by atoms with Gasteiger partial charge in [-0.05, 0) is 35.7 Å². The van der Waals surface area contributed by atoms with Gasteiger partial charge in [0.1, 0.15) is 5.82 Å². The van der Waals surface area contributed by atoms with Crippen LogP contribution in [-0.2, 0) is 16.1 Å². The summed E-state index contributed by atoms with van der Waals surface area (Å²) < 4.78 is 4.64. The van der Waals surface area contributed by atoms with Crippen molar-refractivity contribution >= 4 is 23.6 Å². The van der Waals surface area contributed by atoms with Crippen molar-refractivity contribution in [3.05, 3.63) is 95.2 Å². The van der Waals surface area contributed by atoms with Gasteiger partial charge in [0.15, 0.2) is 0 Å². The second-order valence-electron chi connectivity index (χ2n) is 7.53. The molecule has 0 bridgehead atoms. The van der Waals surface area contributed by atoms with Gasteiger partial charge in [0.05, 0.1) is 18.7 Å². The van der Waals surface area contributed by atoms with Gasteiger partial charge in [0, 0.05) is 24.7 Å². The van der Waals surface area contributed by atoms with Crippen LogP contribution < -0.4 is 5.32 Å². The molecule has 0 radical (unpaired) electrons. The number of benzene rings is 2. The number of amides is 2. The van der Waals surface area contributed by atoms with Crippen LogP contribution in [0.5, 0.6) is 0 Å². The van der Waals surface area contributed by atoms with Crippen LogP contribution in [0.3, 0.4) is 0 Å². The van der Waals surface area contributed by atoms with E-state index in [-0.39, 0.29) is 24.3 Å². The van der Waals surface area contributed by atoms with Crippen LogP contribution >= 0.6 is 0 Å². The zero-order valence-electron chi connectivity index (χ0n) is 17.7. The molecule has 2 aromatic carbocycles. The van der Waals surface area contributed by atoms with Crippen LogP contribution in [-0.4, -0.2) is 34.8 Å². The first-order valence-corrected chi connectivity index (χ1v) is 10.3. The van der Waals surface area contributed by atoms with E-state index in [1.807, 2.05) is 59.5 Å². The lowest BCUT2D eigenvalue weighted by Gasteiger charge is -2.25. The lowest BCUT2D eigenvalue weighted by molar-refractivity contribution is -0.116. The number of esters is 1. The molecule has 162 valence electrons. The molecular formula is C25H23N3O4. The Kier molecular flexibility index (Phi) is 6.26. The Labute approximate surface area is 186 Å². The molecule has 1 aliphatic rings. The van der Waals surface area contributed by atoms with E-state index >= 15 is 0 Å². The summed E-state index contributed by atoms with van der Waals surface area (Å²) in [7, 11) is 1.30. The molecule has 2 heterocycles. The molecule has 1 aromatic heterocycles. The number of hydrogen-bond acceptors (Lipinski definition) is 5. The third-order valence-electron chi connectivity index (χ3n) is 5.48. The van der Waals surface area contributed by atoms with Crippen LogP contribution in [0.15, 0.2) is 72.9 Å². The summed E-state index contributed by atoms with van der Waals surface area (Å²) in [4.78, 5) is 43.0. The van der Waals surface area contributed by atoms with Crippen molar-refractivity contribution in [2.45, 2.75) is 25.4 Å². The minimum Gasteiger partial charge on any atom is -0.465 e. The largest absolute Gasteiger partial charge is 0.465 e. The SMILES string of the molecule is COC(=O)c1ccc(NC(=O)CCC2c3ccccc3C(=O)N2Cc2ccccc2)nc1. The van der Waals surface area contributed by atoms with E-state index in [0.29, 0.717) is 29.9 Å². The standard InChI is InChI=1S/C25H23N3O4/c1-32-25(31)18-11-13-22(26-15-18)27-23(29)14-12-21-19-9-5-6-10-20(19)24(30)28(21)16-17-7-3-2-4-8-17/h2-11,13,15,21H,12,14,16H2,1H3,(H,26,27,29). The molecule has 2 amide bonds. The number of ether oxygens (including phenoxy) is 1. The van der Waals surface area contributed by atoms with E-state index in [1.54, 1.807) is 12.1 Å². The highest BCUT2D eigenvalue weighted by Gasteiger charge is 2.36. The maximum atomic E-state index is 13.0. The Balaban J connectivity index is 1.44. The zero-order chi connectivity index (χ0) is 22.5. The number of nitrogens with zero attached hydrogens (tertiary/aromatic N) is 2. The molecule has 0 saturated heterocycles. The molecule has 4 rings (SSSR count). The number of rotatable bonds is 7. The van der Waals surface area contributed by atoms with Crippen LogP contribution in [0.2, 0.25) is 0 Å². The molecule has 1 unspecified atom stereocenters. The van der Waals surface area contributed by atoms with Crippen LogP contribution in [0.1, 0.15) is 50.7 Å². The number of nitrogens with one attached hydrogen (secondary N) is 1. The van der Waals surface area contributed by atoms with Crippen molar-refractivity contribution in [2.75, 3.05) is 12.4 Å². The number of aromatic nitrogens is 1. The number of methoxy groups -OCH3 is 1. The Morgan fingerprint density at radius 3 is 2.50 bits per heavy atom. The molecule has 1 atom stereocenters. The Hall–Kier alpha value is -4.00. The summed E-state index contributed by atoms with van der Waals surface area (Å²) in [6.07, 6.45) is 2.06. The molecule has 7 nitrogen and oxygen atoms in total. The van der Waals surface area contributed by atoms with Gasteiger partial charge < -0.3 is 15.0 Å². The van der Waals surface area contributed by atoms with Gasteiger partial charge in [-0.1, -0.05) is 48.5 Å². The maximum absolute atomic E-state index is 13.0. The van der Waals surface area contributed by atoms with Gasteiger partial charge in [-0.25, -0.2) is 9.78 Å². The van der Waals surface area contributed by atoms with Crippen molar-refractivity contribution in [1.29, 1.82) is 0 Å². The number of anilines is 1. The molecule has 3 aromatic rings. The first-order chi connectivity index (χ1) is 15.6.